The van der Waals surface area contributed by atoms with Crippen LogP contribution in [0, 0.1) is 0 Å². The van der Waals surface area contributed by atoms with Crippen molar-refractivity contribution in [1.82, 2.24) is 10.1 Å². The van der Waals surface area contributed by atoms with Crippen molar-refractivity contribution in [3.05, 3.63) is 47.3 Å². The zero-order valence-corrected chi connectivity index (χ0v) is 14.5. The highest BCUT2D eigenvalue weighted by Crippen LogP contribution is 2.33. The van der Waals surface area contributed by atoms with E-state index in [2.05, 4.69) is 19.0 Å². The maximum absolute atomic E-state index is 12.8. The molecule has 1 aromatic carbocycles. The standard InChI is InChI=1S/C19H24N2O3/c1-13(2)18-12-16(20-24-18)17-8-5-9-21(17)19(22)11-14-6-4-7-15(10-14)23-3/h4,6-7,10,12-13,17H,5,8-9,11H2,1-3H3. The van der Waals surface area contributed by atoms with Gasteiger partial charge in [-0.05, 0) is 30.5 Å². The second-order valence-electron chi connectivity index (χ2n) is 6.58. The lowest BCUT2D eigenvalue weighted by atomic mass is 10.1. The van der Waals surface area contributed by atoms with Crippen LogP contribution in [0.15, 0.2) is 34.9 Å². The Kier molecular flexibility index (Phi) is 4.88. The summed E-state index contributed by atoms with van der Waals surface area (Å²) in [6, 6.07) is 9.69. The molecule has 128 valence electrons. The Morgan fingerprint density at radius 1 is 1.42 bits per heavy atom. The lowest BCUT2D eigenvalue weighted by Gasteiger charge is -2.23. The highest BCUT2D eigenvalue weighted by Gasteiger charge is 2.32. The number of benzene rings is 1. The number of aromatic nitrogens is 1. The average Bonchev–Trinajstić information content (AvgIpc) is 3.23. The third kappa shape index (κ3) is 3.45. The summed E-state index contributed by atoms with van der Waals surface area (Å²) in [5, 5.41) is 4.20. The van der Waals surface area contributed by atoms with Gasteiger partial charge in [0.1, 0.15) is 17.2 Å². The molecule has 1 fully saturated rings. The van der Waals surface area contributed by atoms with Crippen LogP contribution in [0.2, 0.25) is 0 Å². The van der Waals surface area contributed by atoms with E-state index in [1.165, 1.54) is 0 Å². The Morgan fingerprint density at radius 2 is 2.25 bits per heavy atom. The third-order valence-corrected chi connectivity index (χ3v) is 4.52. The molecule has 1 aromatic heterocycles. The van der Waals surface area contributed by atoms with Gasteiger partial charge >= 0.3 is 0 Å². The lowest BCUT2D eigenvalue weighted by molar-refractivity contribution is -0.131. The van der Waals surface area contributed by atoms with Crippen molar-refractivity contribution in [1.29, 1.82) is 0 Å². The molecule has 1 atom stereocenters. The predicted molar refractivity (Wildman–Crippen MR) is 91.0 cm³/mol. The molecule has 2 heterocycles. The van der Waals surface area contributed by atoms with Crippen molar-refractivity contribution in [2.45, 2.75) is 45.1 Å². The Labute approximate surface area is 142 Å². The minimum absolute atomic E-state index is 0.0272. The van der Waals surface area contributed by atoms with Crippen molar-refractivity contribution < 1.29 is 14.1 Å². The maximum Gasteiger partial charge on any atom is 0.227 e. The van der Waals surface area contributed by atoms with Crippen LogP contribution in [-0.2, 0) is 11.2 Å². The third-order valence-electron chi connectivity index (χ3n) is 4.52. The molecule has 1 saturated heterocycles. The van der Waals surface area contributed by atoms with Crippen LogP contribution in [0.25, 0.3) is 0 Å². The molecule has 0 N–H and O–H groups in total. The quantitative estimate of drug-likeness (QED) is 0.839. The molecule has 2 aromatic rings. The van der Waals surface area contributed by atoms with Gasteiger partial charge in [-0.25, -0.2) is 0 Å². The van der Waals surface area contributed by atoms with E-state index < -0.39 is 0 Å². The van der Waals surface area contributed by atoms with E-state index in [1.54, 1.807) is 7.11 Å². The van der Waals surface area contributed by atoms with Gasteiger partial charge < -0.3 is 14.2 Å². The van der Waals surface area contributed by atoms with E-state index in [9.17, 15) is 4.79 Å². The molecule has 0 aliphatic carbocycles. The van der Waals surface area contributed by atoms with Crippen LogP contribution < -0.4 is 4.74 Å². The van der Waals surface area contributed by atoms with Crippen molar-refractivity contribution in [3.8, 4) is 5.75 Å². The summed E-state index contributed by atoms with van der Waals surface area (Å²) in [6.45, 7) is 4.92. The zero-order chi connectivity index (χ0) is 17.1. The SMILES string of the molecule is COc1cccc(CC(=O)N2CCCC2c2cc(C(C)C)on2)c1. The predicted octanol–water partition coefficient (Wildman–Crippen LogP) is 3.71. The van der Waals surface area contributed by atoms with E-state index in [0.717, 1.165) is 42.2 Å². The Hall–Kier alpha value is -2.30. The van der Waals surface area contributed by atoms with Gasteiger partial charge in [-0.1, -0.05) is 31.1 Å². The Balaban J connectivity index is 1.73. The number of carbonyl (C=O) groups excluding carboxylic acids is 1. The van der Waals surface area contributed by atoms with Gasteiger partial charge in [0.25, 0.3) is 0 Å². The number of rotatable bonds is 5. The number of hydrogen-bond acceptors (Lipinski definition) is 4. The second-order valence-corrected chi connectivity index (χ2v) is 6.58. The normalized spacial score (nSPS) is 17.5. The molecule has 0 saturated carbocycles. The van der Waals surface area contributed by atoms with E-state index in [1.807, 2.05) is 35.2 Å². The summed E-state index contributed by atoms with van der Waals surface area (Å²) in [6.07, 6.45) is 2.31. The van der Waals surface area contributed by atoms with Gasteiger partial charge in [-0.15, -0.1) is 0 Å². The van der Waals surface area contributed by atoms with Gasteiger partial charge in [0.15, 0.2) is 0 Å². The van der Waals surface area contributed by atoms with Gasteiger partial charge in [0.05, 0.1) is 19.6 Å². The van der Waals surface area contributed by atoms with Gasteiger partial charge in [-0.3, -0.25) is 4.79 Å². The second kappa shape index (κ2) is 7.07. The van der Waals surface area contributed by atoms with E-state index >= 15 is 0 Å². The first kappa shape index (κ1) is 16.6. The molecule has 24 heavy (non-hydrogen) atoms. The van der Waals surface area contributed by atoms with Crippen molar-refractivity contribution >= 4 is 5.91 Å². The Bertz CT molecular complexity index is 708. The highest BCUT2D eigenvalue weighted by atomic mass is 16.5. The molecule has 0 spiro atoms. The Morgan fingerprint density at radius 3 is 2.96 bits per heavy atom. The molecule has 3 rings (SSSR count). The lowest BCUT2D eigenvalue weighted by Crippen LogP contribution is -2.32. The smallest absolute Gasteiger partial charge is 0.227 e. The fourth-order valence-electron chi connectivity index (χ4n) is 3.16. The minimum Gasteiger partial charge on any atom is -0.497 e. The molecular weight excluding hydrogens is 304 g/mol. The summed E-state index contributed by atoms with van der Waals surface area (Å²) >= 11 is 0. The van der Waals surface area contributed by atoms with Crippen molar-refractivity contribution in [2.24, 2.45) is 0 Å². The van der Waals surface area contributed by atoms with Crippen LogP contribution in [-0.4, -0.2) is 29.6 Å². The average molecular weight is 328 g/mol. The first-order valence-corrected chi connectivity index (χ1v) is 8.47. The minimum atomic E-state index is 0.0272. The molecule has 1 aliphatic rings. The molecule has 1 amide bonds. The molecule has 1 aliphatic heterocycles. The maximum atomic E-state index is 12.8. The van der Waals surface area contributed by atoms with Crippen LogP contribution in [0.3, 0.4) is 0 Å². The van der Waals surface area contributed by atoms with E-state index in [0.29, 0.717) is 12.3 Å². The van der Waals surface area contributed by atoms with Crippen LogP contribution in [0.5, 0.6) is 5.75 Å². The van der Waals surface area contributed by atoms with Crippen molar-refractivity contribution in [3.63, 3.8) is 0 Å². The molecule has 0 radical (unpaired) electrons. The summed E-state index contributed by atoms with van der Waals surface area (Å²) in [7, 11) is 1.63. The number of nitrogens with zero attached hydrogens (tertiary/aromatic N) is 2. The number of carbonyl (C=O) groups is 1. The number of likely N-dealkylation sites (tertiary alicyclic amines) is 1. The number of amides is 1. The molecule has 5 heteroatoms. The molecular formula is C19H24N2O3. The first-order chi connectivity index (χ1) is 11.6. The summed E-state index contributed by atoms with van der Waals surface area (Å²) in [5.41, 5.74) is 1.84. The van der Waals surface area contributed by atoms with Gasteiger partial charge in [0, 0.05) is 18.5 Å². The van der Waals surface area contributed by atoms with E-state index in [-0.39, 0.29) is 11.9 Å². The largest absolute Gasteiger partial charge is 0.497 e. The highest BCUT2D eigenvalue weighted by molar-refractivity contribution is 5.79. The zero-order valence-electron chi connectivity index (χ0n) is 14.5. The molecule has 1 unspecified atom stereocenters. The fraction of sp³-hybridized carbons (Fsp3) is 0.474. The summed E-state index contributed by atoms with van der Waals surface area (Å²) < 4.78 is 10.6. The van der Waals surface area contributed by atoms with Gasteiger partial charge in [-0.2, -0.15) is 0 Å². The van der Waals surface area contributed by atoms with Crippen LogP contribution in [0.1, 0.15) is 55.7 Å². The number of ether oxygens (including phenoxy) is 1. The monoisotopic (exact) mass is 328 g/mol. The van der Waals surface area contributed by atoms with Crippen molar-refractivity contribution in [2.75, 3.05) is 13.7 Å². The topological polar surface area (TPSA) is 55.6 Å². The fourth-order valence-corrected chi connectivity index (χ4v) is 3.16. The number of hydrogen-bond donors (Lipinski definition) is 0. The number of methoxy groups -OCH3 is 1. The van der Waals surface area contributed by atoms with Crippen LogP contribution in [0.4, 0.5) is 0 Å². The molecule has 0 bridgehead atoms. The van der Waals surface area contributed by atoms with Crippen LogP contribution >= 0.6 is 0 Å². The van der Waals surface area contributed by atoms with Gasteiger partial charge in [0.2, 0.25) is 5.91 Å². The van der Waals surface area contributed by atoms with E-state index in [4.69, 9.17) is 9.26 Å². The molecule has 5 nitrogen and oxygen atoms in total. The first-order valence-electron chi connectivity index (χ1n) is 8.47. The summed E-state index contributed by atoms with van der Waals surface area (Å²) in [5.74, 6) is 2.07. The summed E-state index contributed by atoms with van der Waals surface area (Å²) in [4.78, 5) is 14.7.